The highest BCUT2D eigenvalue weighted by Gasteiger charge is 2.29. The molecule has 0 aromatic rings. The minimum atomic E-state index is -0.240. The largest absolute Gasteiger partial charge is 0.466 e. The molecule has 0 aliphatic heterocycles. The smallest absolute Gasteiger partial charge is 0.305 e. The van der Waals surface area contributed by atoms with E-state index in [0.717, 1.165) is 64.2 Å². The van der Waals surface area contributed by atoms with Gasteiger partial charge in [-0.05, 0) is 45.4 Å². The molecule has 0 radical (unpaired) electrons. The Bertz CT molecular complexity index is 405. The van der Waals surface area contributed by atoms with Gasteiger partial charge in [0.2, 0.25) is 0 Å². The molecule has 0 bridgehead atoms. The second-order valence-corrected chi connectivity index (χ2v) is 7.63. The molecule has 0 aromatic heterocycles. The van der Waals surface area contributed by atoms with Crippen LogP contribution in [0.2, 0.25) is 0 Å². The van der Waals surface area contributed by atoms with Gasteiger partial charge in [0.25, 0.3) is 0 Å². The molecule has 152 valence electrons. The van der Waals surface area contributed by atoms with Crippen LogP contribution < -0.4 is 0 Å². The molecule has 0 aromatic carbocycles. The van der Waals surface area contributed by atoms with Crippen molar-refractivity contribution in [3.63, 3.8) is 0 Å². The summed E-state index contributed by atoms with van der Waals surface area (Å²) in [6.45, 7) is 4.47. The third-order valence-electron chi connectivity index (χ3n) is 5.41. The third-order valence-corrected chi connectivity index (χ3v) is 5.41. The van der Waals surface area contributed by atoms with Crippen molar-refractivity contribution in [1.29, 1.82) is 0 Å². The van der Waals surface area contributed by atoms with Gasteiger partial charge in [-0.25, -0.2) is 0 Å². The number of hydrogen-bond donors (Lipinski definition) is 2. The fourth-order valence-electron chi connectivity index (χ4n) is 3.83. The van der Waals surface area contributed by atoms with E-state index in [-0.39, 0.29) is 24.1 Å². The lowest BCUT2D eigenvalue weighted by Gasteiger charge is -2.17. The number of unbranched alkanes of at least 4 members (excludes halogenated alkanes) is 5. The zero-order chi connectivity index (χ0) is 19.2. The van der Waals surface area contributed by atoms with E-state index in [2.05, 4.69) is 13.0 Å². The summed E-state index contributed by atoms with van der Waals surface area (Å²) in [5.74, 6) is 0.171. The topological polar surface area (TPSA) is 66.8 Å². The van der Waals surface area contributed by atoms with Crippen molar-refractivity contribution in [3.05, 3.63) is 11.6 Å². The Hall–Kier alpha value is -0.870. The van der Waals surface area contributed by atoms with Crippen LogP contribution >= 0.6 is 0 Å². The van der Waals surface area contributed by atoms with E-state index in [1.54, 1.807) is 0 Å². The highest BCUT2D eigenvalue weighted by molar-refractivity contribution is 5.69. The summed E-state index contributed by atoms with van der Waals surface area (Å²) in [4.78, 5) is 11.3. The lowest BCUT2D eigenvalue weighted by molar-refractivity contribution is -0.143. The molecular formula is C22H40O4. The normalized spacial score (nSPS) is 22.7. The van der Waals surface area contributed by atoms with Gasteiger partial charge >= 0.3 is 5.97 Å². The molecular weight excluding hydrogens is 328 g/mol. The number of ether oxygens (including phenoxy) is 1. The number of carbonyl (C=O) groups is 1. The van der Waals surface area contributed by atoms with Crippen molar-refractivity contribution in [3.8, 4) is 0 Å². The van der Waals surface area contributed by atoms with Gasteiger partial charge in [-0.1, -0.05) is 57.1 Å². The van der Waals surface area contributed by atoms with Gasteiger partial charge < -0.3 is 14.9 Å². The third kappa shape index (κ3) is 9.72. The number of hydrogen-bond acceptors (Lipinski definition) is 4. The minimum absolute atomic E-state index is 0.0959. The van der Waals surface area contributed by atoms with Crippen molar-refractivity contribution in [1.82, 2.24) is 0 Å². The van der Waals surface area contributed by atoms with Crippen LogP contribution in [0.3, 0.4) is 0 Å². The lowest BCUT2D eigenvalue weighted by Crippen LogP contribution is -2.14. The Labute approximate surface area is 160 Å². The van der Waals surface area contributed by atoms with Gasteiger partial charge in [-0.15, -0.1) is 0 Å². The van der Waals surface area contributed by atoms with Crippen LogP contribution in [0, 0.1) is 5.92 Å². The quantitative estimate of drug-likeness (QED) is 0.259. The maximum atomic E-state index is 11.3. The highest BCUT2D eigenvalue weighted by Crippen LogP contribution is 2.35. The molecule has 2 N–H and O–H groups in total. The van der Waals surface area contributed by atoms with E-state index in [1.807, 2.05) is 6.92 Å². The second-order valence-electron chi connectivity index (χ2n) is 7.63. The first-order valence-corrected chi connectivity index (χ1v) is 10.8. The summed E-state index contributed by atoms with van der Waals surface area (Å²) in [5.41, 5.74) is 1.35. The summed E-state index contributed by atoms with van der Waals surface area (Å²) in [6, 6.07) is 0. The van der Waals surface area contributed by atoms with Crippen molar-refractivity contribution in [2.24, 2.45) is 5.92 Å². The molecule has 1 rings (SSSR count). The van der Waals surface area contributed by atoms with Crippen molar-refractivity contribution in [2.75, 3.05) is 6.61 Å². The van der Waals surface area contributed by atoms with Crippen LogP contribution in [0.4, 0.5) is 0 Å². The van der Waals surface area contributed by atoms with E-state index < -0.39 is 0 Å². The van der Waals surface area contributed by atoms with Crippen LogP contribution in [-0.4, -0.2) is 35.0 Å². The highest BCUT2D eigenvalue weighted by atomic mass is 16.5. The Balaban J connectivity index is 2.23. The molecule has 0 spiro atoms. The summed E-state index contributed by atoms with van der Waals surface area (Å²) >= 11 is 0. The second kappa shape index (κ2) is 14.2. The van der Waals surface area contributed by atoms with E-state index in [4.69, 9.17) is 4.74 Å². The molecule has 1 aliphatic rings. The lowest BCUT2D eigenvalue weighted by atomic mass is 9.92. The zero-order valence-corrected chi connectivity index (χ0v) is 16.9. The molecule has 0 heterocycles. The van der Waals surface area contributed by atoms with Crippen LogP contribution in [-0.2, 0) is 9.53 Å². The SMILES string of the molecule is CCCCCC(O)CC=C1CC[C@H](O)[C@@H]1CCCCCCC(=O)OCC. The molecule has 1 aliphatic carbocycles. The molecule has 1 fully saturated rings. The summed E-state index contributed by atoms with van der Waals surface area (Å²) in [5, 5.41) is 20.4. The Kier molecular flexibility index (Phi) is 12.7. The fraction of sp³-hybridized carbons (Fsp3) is 0.864. The number of aliphatic hydroxyl groups excluding tert-OH is 2. The summed E-state index contributed by atoms with van der Waals surface area (Å²) in [6.07, 6.45) is 14.2. The first-order valence-electron chi connectivity index (χ1n) is 10.8. The van der Waals surface area contributed by atoms with Crippen LogP contribution in [0.25, 0.3) is 0 Å². The van der Waals surface area contributed by atoms with E-state index in [9.17, 15) is 15.0 Å². The van der Waals surface area contributed by atoms with Crippen molar-refractivity contribution in [2.45, 2.75) is 110 Å². The first kappa shape index (κ1) is 23.2. The molecule has 4 heteroatoms. The van der Waals surface area contributed by atoms with Gasteiger partial charge in [0, 0.05) is 12.3 Å². The maximum Gasteiger partial charge on any atom is 0.305 e. The maximum absolute atomic E-state index is 11.3. The Morgan fingerprint density at radius 1 is 1.19 bits per heavy atom. The molecule has 26 heavy (non-hydrogen) atoms. The van der Waals surface area contributed by atoms with Crippen LogP contribution in [0.1, 0.15) is 97.3 Å². The number of esters is 1. The van der Waals surface area contributed by atoms with Crippen LogP contribution in [0.5, 0.6) is 0 Å². The molecule has 0 amide bonds. The van der Waals surface area contributed by atoms with Gasteiger partial charge in [0.15, 0.2) is 0 Å². The van der Waals surface area contributed by atoms with Crippen molar-refractivity contribution >= 4 is 5.97 Å². The Morgan fingerprint density at radius 3 is 2.69 bits per heavy atom. The summed E-state index contributed by atoms with van der Waals surface area (Å²) < 4.78 is 4.93. The van der Waals surface area contributed by atoms with Gasteiger partial charge in [-0.2, -0.15) is 0 Å². The number of rotatable bonds is 14. The zero-order valence-electron chi connectivity index (χ0n) is 16.9. The first-order chi connectivity index (χ1) is 12.6. The average molecular weight is 369 g/mol. The fourth-order valence-corrected chi connectivity index (χ4v) is 3.83. The van der Waals surface area contributed by atoms with E-state index in [1.165, 1.54) is 18.4 Å². The molecule has 1 unspecified atom stereocenters. The molecule has 0 saturated heterocycles. The van der Waals surface area contributed by atoms with E-state index >= 15 is 0 Å². The Morgan fingerprint density at radius 2 is 1.96 bits per heavy atom. The van der Waals surface area contributed by atoms with Crippen LogP contribution in [0.15, 0.2) is 11.6 Å². The van der Waals surface area contributed by atoms with Gasteiger partial charge in [0.1, 0.15) is 0 Å². The molecule has 4 nitrogen and oxygen atoms in total. The van der Waals surface area contributed by atoms with E-state index in [0.29, 0.717) is 13.0 Å². The van der Waals surface area contributed by atoms with Crippen molar-refractivity contribution < 1.29 is 19.7 Å². The monoisotopic (exact) mass is 368 g/mol. The average Bonchev–Trinajstić information content (AvgIpc) is 2.96. The number of carbonyl (C=O) groups excluding carboxylic acids is 1. The number of aliphatic hydroxyl groups is 2. The minimum Gasteiger partial charge on any atom is -0.466 e. The molecule has 1 saturated carbocycles. The predicted molar refractivity (Wildman–Crippen MR) is 106 cm³/mol. The van der Waals surface area contributed by atoms with Gasteiger partial charge in [0.05, 0.1) is 18.8 Å². The van der Waals surface area contributed by atoms with Gasteiger partial charge in [-0.3, -0.25) is 4.79 Å². The predicted octanol–water partition coefficient (Wildman–Crippen LogP) is 4.92. The summed E-state index contributed by atoms with van der Waals surface area (Å²) in [7, 11) is 0. The standard InChI is InChI=1S/C22H40O4/c1-3-5-8-11-19(23)16-14-18-15-17-21(24)20(18)12-9-6-7-10-13-22(25)26-4-2/h14,19-21,23-24H,3-13,15-17H2,1-2H3/t19?,20-,21+/m1/s1. The molecule has 3 atom stereocenters.